The maximum absolute atomic E-state index is 12.7. The molecule has 1 aromatic carbocycles. The minimum atomic E-state index is -0.702. The van der Waals surface area contributed by atoms with Gasteiger partial charge in [-0.3, -0.25) is 4.90 Å². The molecule has 0 aliphatic carbocycles. The van der Waals surface area contributed by atoms with E-state index in [1.807, 2.05) is 44.2 Å². The predicted molar refractivity (Wildman–Crippen MR) is 90.9 cm³/mol. The van der Waals surface area contributed by atoms with Crippen molar-refractivity contribution in [2.75, 3.05) is 0 Å². The molecule has 4 nitrogen and oxygen atoms in total. The normalized spacial score (nSPS) is 23.1. The zero-order valence-electron chi connectivity index (χ0n) is 14.5. The van der Waals surface area contributed by atoms with Crippen LogP contribution >= 0.6 is 0 Å². The number of benzene rings is 1. The summed E-state index contributed by atoms with van der Waals surface area (Å²) in [6, 6.07) is 9.64. The summed E-state index contributed by atoms with van der Waals surface area (Å²) in [6.45, 7) is 12.2. The van der Waals surface area contributed by atoms with E-state index in [-0.39, 0.29) is 24.8 Å². The Labute approximate surface area is 139 Å². The molecule has 0 saturated carbocycles. The van der Waals surface area contributed by atoms with Gasteiger partial charge in [0.1, 0.15) is 12.3 Å². The Morgan fingerprint density at radius 2 is 2.04 bits per heavy atom. The lowest BCUT2D eigenvalue weighted by Crippen LogP contribution is -2.48. The number of amides is 1. The van der Waals surface area contributed by atoms with Crippen molar-refractivity contribution in [1.82, 2.24) is 4.90 Å². The third kappa shape index (κ3) is 4.14. The van der Waals surface area contributed by atoms with Gasteiger partial charge in [0.25, 0.3) is 0 Å². The lowest BCUT2D eigenvalue weighted by atomic mass is 9.98. The van der Waals surface area contributed by atoms with E-state index in [1.165, 1.54) is 0 Å². The third-order valence-electron chi connectivity index (χ3n) is 4.06. The second-order valence-corrected chi connectivity index (χ2v) is 6.87. The first kappa shape index (κ1) is 17.5. The Balaban J connectivity index is 2.12. The molecule has 0 unspecified atom stereocenters. The Morgan fingerprint density at radius 3 is 2.61 bits per heavy atom. The number of carbonyl (C=O) groups excluding carboxylic acids is 1. The van der Waals surface area contributed by atoms with Crippen molar-refractivity contribution in [3.8, 4) is 0 Å². The van der Waals surface area contributed by atoms with Gasteiger partial charge in [-0.25, -0.2) is 4.79 Å². The first-order valence-electron chi connectivity index (χ1n) is 8.15. The van der Waals surface area contributed by atoms with Gasteiger partial charge in [-0.2, -0.15) is 0 Å². The molecule has 0 spiro atoms. The average Bonchev–Trinajstić information content (AvgIpc) is 2.75. The Hall–Kier alpha value is -1.81. The SMILES string of the molecule is C=C[C@@H]1OC(C)(C)N(C(=O)OCc2ccccc2)[C@H]1CC(C)C. The summed E-state index contributed by atoms with van der Waals surface area (Å²) in [5.74, 6) is 0.448. The number of ether oxygens (including phenoxy) is 2. The molecule has 2 rings (SSSR count). The van der Waals surface area contributed by atoms with E-state index in [9.17, 15) is 4.79 Å². The molecule has 1 aromatic rings. The Kier molecular flexibility index (Phi) is 5.47. The van der Waals surface area contributed by atoms with E-state index >= 15 is 0 Å². The molecular formula is C19H27NO3. The van der Waals surface area contributed by atoms with Crippen LogP contribution < -0.4 is 0 Å². The van der Waals surface area contributed by atoms with Crippen LogP contribution in [0.3, 0.4) is 0 Å². The van der Waals surface area contributed by atoms with Gasteiger partial charge in [0.2, 0.25) is 0 Å². The third-order valence-corrected chi connectivity index (χ3v) is 4.06. The molecular weight excluding hydrogens is 290 g/mol. The van der Waals surface area contributed by atoms with Crippen LogP contribution in [0.25, 0.3) is 0 Å². The summed E-state index contributed by atoms with van der Waals surface area (Å²) in [5, 5.41) is 0. The van der Waals surface area contributed by atoms with Crippen molar-refractivity contribution in [3.63, 3.8) is 0 Å². The lowest BCUT2D eigenvalue weighted by Gasteiger charge is -2.33. The molecule has 1 amide bonds. The van der Waals surface area contributed by atoms with E-state index in [0.29, 0.717) is 5.92 Å². The molecule has 1 aliphatic rings. The summed E-state index contributed by atoms with van der Waals surface area (Å²) < 4.78 is 11.5. The van der Waals surface area contributed by atoms with Gasteiger partial charge in [0, 0.05) is 0 Å². The van der Waals surface area contributed by atoms with Crippen LogP contribution in [-0.2, 0) is 16.1 Å². The van der Waals surface area contributed by atoms with Crippen molar-refractivity contribution in [2.45, 2.75) is 58.6 Å². The van der Waals surface area contributed by atoms with E-state index in [1.54, 1.807) is 11.0 Å². The molecule has 1 aliphatic heterocycles. The monoisotopic (exact) mass is 317 g/mol. The van der Waals surface area contributed by atoms with E-state index in [2.05, 4.69) is 20.4 Å². The summed E-state index contributed by atoms with van der Waals surface area (Å²) in [4.78, 5) is 14.4. The molecule has 1 heterocycles. The van der Waals surface area contributed by atoms with E-state index in [0.717, 1.165) is 12.0 Å². The zero-order chi connectivity index (χ0) is 17.0. The first-order valence-corrected chi connectivity index (χ1v) is 8.15. The fourth-order valence-corrected chi connectivity index (χ4v) is 3.09. The highest BCUT2D eigenvalue weighted by atomic mass is 16.6. The molecule has 0 bridgehead atoms. The number of nitrogens with zero attached hydrogens (tertiary/aromatic N) is 1. The van der Waals surface area contributed by atoms with Crippen LogP contribution in [0.5, 0.6) is 0 Å². The van der Waals surface area contributed by atoms with Crippen molar-refractivity contribution < 1.29 is 14.3 Å². The number of hydrogen-bond donors (Lipinski definition) is 0. The Bertz CT molecular complexity index is 539. The highest BCUT2D eigenvalue weighted by Crippen LogP contribution is 2.36. The number of hydrogen-bond acceptors (Lipinski definition) is 3. The lowest BCUT2D eigenvalue weighted by molar-refractivity contribution is -0.0616. The molecule has 126 valence electrons. The number of carbonyl (C=O) groups is 1. The fraction of sp³-hybridized carbons (Fsp3) is 0.526. The van der Waals surface area contributed by atoms with Crippen LogP contribution in [0.2, 0.25) is 0 Å². The fourth-order valence-electron chi connectivity index (χ4n) is 3.09. The van der Waals surface area contributed by atoms with Gasteiger partial charge in [0.05, 0.1) is 12.1 Å². The topological polar surface area (TPSA) is 38.8 Å². The largest absolute Gasteiger partial charge is 0.444 e. The minimum Gasteiger partial charge on any atom is -0.444 e. The molecule has 0 radical (unpaired) electrons. The molecule has 2 atom stereocenters. The van der Waals surface area contributed by atoms with Crippen molar-refractivity contribution in [3.05, 3.63) is 48.6 Å². The van der Waals surface area contributed by atoms with Gasteiger partial charge in [-0.15, -0.1) is 6.58 Å². The maximum Gasteiger partial charge on any atom is 0.412 e. The van der Waals surface area contributed by atoms with Gasteiger partial charge in [-0.1, -0.05) is 50.3 Å². The van der Waals surface area contributed by atoms with Gasteiger partial charge in [-0.05, 0) is 31.7 Å². The second kappa shape index (κ2) is 7.18. The van der Waals surface area contributed by atoms with E-state index < -0.39 is 5.72 Å². The van der Waals surface area contributed by atoms with Crippen LogP contribution in [0.1, 0.15) is 39.7 Å². The molecule has 4 heteroatoms. The zero-order valence-corrected chi connectivity index (χ0v) is 14.5. The summed E-state index contributed by atoms with van der Waals surface area (Å²) >= 11 is 0. The van der Waals surface area contributed by atoms with Gasteiger partial charge in [0.15, 0.2) is 0 Å². The first-order chi connectivity index (χ1) is 10.8. The van der Waals surface area contributed by atoms with Crippen molar-refractivity contribution >= 4 is 6.09 Å². The molecule has 1 fully saturated rings. The summed E-state index contributed by atoms with van der Waals surface area (Å²) in [6.07, 6.45) is 2.12. The molecule has 0 N–H and O–H groups in total. The quantitative estimate of drug-likeness (QED) is 0.757. The molecule has 1 saturated heterocycles. The van der Waals surface area contributed by atoms with Crippen LogP contribution in [0.4, 0.5) is 4.79 Å². The second-order valence-electron chi connectivity index (χ2n) is 6.87. The smallest absolute Gasteiger partial charge is 0.412 e. The highest BCUT2D eigenvalue weighted by molar-refractivity contribution is 5.69. The summed E-state index contributed by atoms with van der Waals surface area (Å²) in [7, 11) is 0. The minimum absolute atomic E-state index is 0.0502. The van der Waals surface area contributed by atoms with Gasteiger partial charge < -0.3 is 9.47 Å². The standard InChI is InChI=1S/C19H27NO3/c1-6-17-16(12-14(2)3)20(19(4,5)23-17)18(21)22-13-15-10-8-7-9-11-15/h6-11,14,16-17H,1,12-13H2,2-5H3/t16-,17-/m0/s1. The predicted octanol–water partition coefficient (Wildman–Crippen LogP) is 4.36. The van der Waals surface area contributed by atoms with Crippen LogP contribution in [0, 0.1) is 5.92 Å². The van der Waals surface area contributed by atoms with Crippen LogP contribution in [0.15, 0.2) is 43.0 Å². The average molecular weight is 317 g/mol. The van der Waals surface area contributed by atoms with Crippen LogP contribution in [-0.4, -0.2) is 28.9 Å². The van der Waals surface area contributed by atoms with Gasteiger partial charge >= 0.3 is 6.09 Å². The van der Waals surface area contributed by atoms with Crippen molar-refractivity contribution in [1.29, 1.82) is 0 Å². The molecule has 0 aromatic heterocycles. The van der Waals surface area contributed by atoms with Crippen molar-refractivity contribution in [2.24, 2.45) is 5.92 Å². The maximum atomic E-state index is 12.7. The Morgan fingerprint density at radius 1 is 1.39 bits per heavy atom. The highest BCUT2D eigenvalue weighted by Gasteiger charge is 2.49. The molecule has 23 heavy (non-hydrogen) atoms. The number of rotatable bonds is 5. The summed E-state index contributed by atoms with van der Waals surface area (Å²) in [5.41, 5.74) is 0.270. The van der Waals surface area contributed by atoms with E-state index in [4.69, 9.17) is 9.47 Å².